The Labute approximate surface area is 194 Å². The number of amides is 2. The number of halogens is 1. The fraction of sp³-hybridized carbons (Fsp3) is 0.261. The highest BCUT2D eigenvalue weighted by atomic mass is 32.1. The molecule has 2 unspecified atom stereocenters. The molecule has 2 heterocycles. The molecule has 2 aromatic heterocycles. The number of anilines is 2. The maximum atomic E-state index is 14.8. The molecule has 0 saturated heterocycles. The Balaban J connectivity index is 1.89. The van der Waals surface area contributed by atoms with Gasteiger partial charge in [0, 0.05) is 29.5 Å². The number of nitrogens with one attached hydrogen (secondary N) is 2. The van der Waals surface area contributed by atoms with Crippen LogP contribution in [0.4, 0.5) is 15.2 Å². The monoisotopic (exact) mass is 472 g/mol. The molecular weight excluding hydrogens is 447 g/mol. The van der Waals surface area contributed by atoms with E-state index in [1.165, 1.54) is 18.2 Å². The highest BCUT2D eigenvalue weighted by Crippen LogP contribution is 2.38. The van der Waals surface area contributed by atoms with E-state index in [0.29, 0.717) is 26.8 Å². The Hall–Kier alpha value is -3.34. The Bertz CT molecular complexity index is 1170. The van der Waals surface area contributed by atoms with E-state index in [1.54, 1.807) is 38.1 Å². The summed E-state index contributed by atoms with van der Waals surface area (Å²) in [5, 5.41) is 24.5. The van der Waals surface area contributed by atoms with Crippen molar-refractivity contribution in [3.8, 4) is 10.4 Å². The molecule has 0 aliphatic rings. The van der Waals surface area contributed by atoms with Gasteiger partial charge in [0.05, 0.1) is 11.7 Å². The predicted molar refractivity (Wildman–Crippen MR) is 125 cm³/mol. The number of nitrogens with two attached hydrogens (primary N) is 1. The van der Waals surface area contributed by atoms with Crippen LogP contribution >= 0.6 is 11.3 Å². The largest absolute Gasteiger partial charge is 0.396 e. The third kappa shape index (κ3) is 5.92. The van der Waals surface area contributed by atoms with Crippen LogP contribution in [0.1, 0.15) is 46.2 Å². The van der Waals surface area contributed by atoms with Crippen molar-refractivity contribution in [2.45, 2.75) is 25.9 Å². The lowest BCUT2D eigenvalue weighted by atomic mass is 9.99. The molecule has 1 aromatic carbocycles. The van der Waals surface area contributed by atoms with Crippen LogP contribution in [0.25, 0.3) is 10.4 Å². The van der Waals surface area contributed by atoms with Crippen LogP contribution in [0.3, 0.4) is 0 Å². The van der Waals surface area contributed by atoms with Crippen LogP contribution in [0.2, 0.25) is 0 Å². The lowest BCUT2D eigenvalue weighted by Crippen LogP contribution is -2.31. The van der Waals surface area contributed by atoms with E-state index in [9.17, 15) is 24.2 Å². The lowest BCUT2D eigenvalue weighted by Gasteiger charge is -2.10. The van der Waals surface area contributed by atoms with Crippen molar-refractivity contribution in [2.75, 3.05) is 18.5 Å². The van der Waals surface area contributed by atoms with Gasteiger partial charge >= 0.3 is 0 Å². The molecule has 8 nitrogen and oxygen atoms in total. The highest BCUT2D eigenvalue weighted by molar-refractivity contribution is 7.19. The maximum Gasteiger partial charge on any atom is 0.270 e. The SMILES string of the molecule is CC(O)CNC(=O)c1cccc(Nc2sc(-c3ccc(C(C)CO)cc3F)cc2C(N)=O)n1. The maximum absolute atomic E-state index is 14.8. The average molecular weight is 473 g/mol. The molecule has 0 radical (unpaired) electrons. The zero-order chi connectivity index (χ0) is 24.1. The first-order chi connectivity index (χ1) is 15.7. The number of pyridine rings is 1. The first-order valence-electron chi connectivity index (χ1n) is 10.2. The van der Waals surface area contributed by atoms with Crippen LogP contribution in [-0.4, -0.2) is 46.3 Å². The van der Waals surface area contributed by atoms with Gasteiger partial charge in [-0.15, -0.1) is 11.3 Å². The van der Waals surface area contributed by atoms with E-state index in [2.05, 4.69) is 15.6 Å². The van der Waals surface area contributed by atoms with Gasteiger partial charge in [-0.25, -0.2) is 9.37 Å². The molecule has 0 aliphatic heterocycles. The fourth-order valence-electron chi connectivity index (χ4n) is 3.02. The third-order valence-electron chi connectivity index (χ3n) is 4.88. The molecule has 3 rings (SSSR count). The average Bonchev–Trinajstić information content (AvgIpc) is 3.20. The van der Waals surface area contributed by atoms with E-state index in [1.807, 2.05) is 0 Å². The molecule has 0 fully saturated rings. The van der Waals surface area contributed by atoms with Crippen molar-refractivity contribution < 1.29 is 24.2 Å². The number of aliphatic hydroxyl groups excluding tert-OH is 2. The Morgan fingerprint density at radius 3 is 2.61 bits per heavy atom. The zero-order valence-electron chi connectivity index (χ0n) is 18.1. The standard InChI is InChI=1S/C23H25FN4O4S/c1-12(11-29)14-6-7-15(17(24)8-14)19-9-16(21(25)31)23(33-19)28-20-5-3-4-18(27-20)22(32)26-10-13(2)30/h3-9,12-13,29-30H,10-11H2,1-2H3,(H2,25,31)(H,26,32)(H,27,28). The molecule has 6 N–H and O–H groups in total. The second-order valence-corrected chi connectivity index (χ2v) is 8.68. The van der Waals surface area contributed by atoms with Crippen LogP contribution in [0.5, 0.6) is 0 Å². The summed E-state index contributed by atoms with van der Waals surface area (Å²) in [6, 6.07) is 10.9. The molecule has 2 atom stereocenters. The summed E-state index contributed by atoms with van der Waals surface area (Å²) in [6.45, 7) is 3.33. The number of aliphatic hydroxyl groups is 2. The van der Waals surface area contributed by atoms with Gasteiger partial charge in [-0.2, -0.15) is 0 Å². The molecule has 33 heavy (non-hydrogen) atoms. The number of carbonyl (C=O) groups is 2. The molecule has 2 amide bonds. The van der Waals surface area contributed by atoms with Crippen molar-refractivity contribution in [2.24, 2.45) is 5.73 Å². The van der Waals surface area contributed by atoms with Crippen LogP contribution in [0.15, 0.2) is 42.5 Å². The first kappa shape index (κ1) is 24.3. The van der Waals surface area contributed by atoms with Crippen molar-refractivity contribution >= 4 is 34.0 Å². The number of thiophene rings is 1. The minimum atomic E-state index is -0.697. The summed E-state index contributed by atoms with van der Waals surface area (Å²) in [5.74, 6) is -1.54. The van der Waals surface area contributed by atoms with Crippen molar-refractivity contribution in [1.29, 1.82) is 0 Å². The zero-order valence-corrected chi connectivity index (χ0v) is 18.9. The van der Waals surface area contributed by atoms with Crippen LogP contribution in [-0.2, 0) is 0 Å². The molecule has 0 spiro atoms. The summed E-state index contributed by atoms with van der Waals surface area (Å²) < 4.78 is 14.8. The number of rotatable bonds is 9. The summed E-state index contributed by atoms with van der Waals surface area (Å²) in [6.07, 6.45) is -0.695. The fourth-order valence-corrected chi connectivity index (χ4v) is 4.12. The first-order valence-corrected chi connectivity index (χ1v) is 11.1. The summed E-state index contributed by atoms with van der Waals surface area (Å²) in [5.41, 5.74) is 6.77. The second kappa shape index (κ2) is 10.5. The summed E-state index contributed by atoms with van der Waals surface area (Å²) >= 11 is 1.12. The number of benzene rings is 1. The smallest absolute Gasteiger partial charge is 0.270 e. The van der Waals surface area contributed by atoms with E-state index in [0.717, 1.165) is 11.3 Å². The minimum Gasteiger partial charge on any atom is -0.396 e. The van der Waals surface area contributed by atoms with Gasteiger partial charge in [0.25, 0.3) is 11.8 Å². The van der Waals surface area contributed by atoms with E-state index >= 15 is 0 Å². The number of carbonyl (C=O) groups excluding carboxylic acids is 2. The topological polar surface area (TPSA) is 138 Å². The number of hydrogen-bond acceptors (Lipinski definition) is 7. The molecular formula is C23H25FN4O4S. The molecule has 3 aromatic rings. The normalized spacial score (nSPS) is 12.8. The minimum absolute atomic E-state index is 0.0830. The Kier molecular flexibility index (Phi) is 7.75. The summed E-state index contributed by atoms with van der Waals surface area (Å²) in [7, 11) is 0. The number of hydrogen-bond donors (Lipinski definition) is 5. The molecule has 0 saturated carbocycles. The Morgan fingerprint density at radius 2 is 1.97 bits per heavy atom. The predicted octanol–water partition coefficient (Wildman–Crippen LogP) is 3.00. The van der Waals surface area contributed by atoms with Crippen molar-refractivity contribution in [1.82, 2.24) is 10.3 Å². The lowest BCUT2D eigenvalue weighted by molar-refractivity contribution is 0.0918. The van der Waals surface area contributed by atoms with Gasteiger partial charge in [0.1, 0.15) is 22.3 Å². The number of primary amides is 1. The van der Waals surface area contributed by atoms with Gasteiger partial charge in [0.15, 0.2) is 0 Å². The Morgan fingerprint density at radius 1 is 1.21 bits per heavy atom. The van der Waals surface area contributed by atoms with Gasteiger partial charge in [-0.05, 0) is 36.8 Å². The van der Waals surface area contributed by atoms with Crippen LogP contribution < -0.4 is 16.4 Å². The highest BCUT2D eigenvalue weighted by Gasteiger charge is 2.19. The number of aromatic nitrogens is 1. The molecule has 174 valence electrons. The summed E-state index contributed by atoms with van der Waals surface area (Å²) in [4.78, 5) is 28.9. The third-order valence-corrected chi connectivity index (χ3v) is 5.96. The second-order valence-electron chi connectivity index (χ2n) is 7.63. The van der Waals surface area contributed by atoms with E-state index in [-0.39, 0.29) is 30.3 Å². The van der Waals surface area contributed by atoms with Crippen molar-refractivity contribution in [3.63, 3.8) is 0 Å². The van der Waals surface area contributed by atoms with Gasteiger partial charge in [-0.3, -0.25) is 9.59 Å². The quantitative estimate of drug-likeness (QED) is 0.325. The van der Waals surface area contributed by atoms with Crippen LogP contribution in [0, 0.1) is 5.82 Å². The molecule has 0 aliphatic carbocycles. The van der Waals surface area contributed by atoms with Gasteiger partial charge in [-0.1, -0.05) is 25.1 Å². The van der Waals surface area contributed by atoms with Gasteiger partial charge < -0.3 is 26.6 Å². The van der Waals surface area contributed by atoms with E-state index in [4.69, 9.17) is 5.73 Å². The number of nitrogens with zero attached hydrogens (tertiary/aromatic N) is 1. The molecule has 10 heteroatoms. The molecule has 0 bridgehead atoms. The van der Waals surface area contributed by atoms with Crippen molar-refractivity contribution in [3.05, 3.63) is 65.1 Å². The van der Waals surface area contributed by atoms with E-state index < -0.39 is 23.7 Å². The van der Waals surface area contributed by atoms with Gasteiger partial charge in [0.2, 0.25) is 0 Å².